The summed E-state index contributed by atoms with van der Waals surface area (Å²) < 4.78 is 0. The third-order valence-corrected chi connectivity index (χ3v) is 2.98. The molecule has 2 rings (SSSR count). The van der Waals surface area contributed by atoms with Crippen LogP contribution in [-0.2, 0) is 11.3 Å². The number of nitrogens with zero attached hydrogens (tertiary/aromatic N) is 2. The van der Waals surface area contributed by atoms with Gasteiger partial charge in [0.1, 0.15) is 7.11 Å². The van der Waals surface area contributed by atoms with Crippen LogP contribution in [0, 0.1) is 11.3 Å². The molecule has 0 radical (unpaired) electrons. The van der Waals surface area contributed by atoms with Crippen molar-refractivity contribution in [1.82, 2.24) is 0 Å². The summed E-state index contributed by atoms with van der Waals surface area (Å²) in [6.07, 6.45) is 1.92. The number of nitriles is 1. The van der Waals surface area contributed by atoms with E-state index in [0.717, 1.165) is 11.1 Å². The van der Waals surface area contributed by atoms with Crippen LogP contribution in [0.1, 0.15) is 21.5 Å². The fourth-order valence-electron chi connectivity index (χ4n) is 1.83. The Morgan fingerprint density at radius 1 is 1.23 bits per heavy atom. The fraction of sp³-hybridized carbons (Fsp3) is 0.118. The minimum atomic E-state index is -0.191. The largest absolute Gasteiger partial charge is 0.399 e. The maximum absolute atomic E-state index is 12.1. The summed E-state index contributed by atoms with van der Waals surface area (Å²) in [5.41, 5.74) is 3.01. The van der Waals surface area contributed by atoms with Crippen molar-refractivity contribution in [1.29, 1.82) is 5.26 Å². The Morgan fingerprint density at radius 3 is 2.50 bits per heavy atom. The molecule has 0 spiro atoms. The Morgan fingerprint density at radius 2 is 1.91 bits per heavy atom. The topological polar surface area (TPSA) is 74.5 Å². The van der Waals surface area contributed by atoms with Crippen LogP contribution in [0.2, 0.25) is 0 Å². The third kappa shape index (κ3) is 4.18. The predicted molar refractivity (Wildman–Crippen MR) is 84.8 cm³/mol. The number of carbonyl (C=O) groups is 1. The van der Waals surface area contributed by atoms with Gasteiger partial charge in [-0.3, -0.25) is 4.79 Å². The van der Waals surface area contributed by atoms with Crippen molar-refractivity contribution in [3.8, 4) is 6.07 Å². The number of nitrogens with one attached hydrogen (secondary N) is 1. The SMILES string of the molecule is CO/N=C/c1ccc(C(=O)Nc2ccc(CC#N)cc2)cc1. The van der Waals surface area contributed by atoms with Crippen molar-refractivity contribution in [2.24, 2.45) is 5.16 Å². The average Bonchev–Trinajstić information content (AvgIpc) is 2.55. The van der Waals surface area contributed by atoms with Crippen molar-refractivity contribution in [3.63, 3.8) is 0 Å². The summed E-state index contributed by atoms with van der Waals surface area (Å²) >= 11 is 0. The molecule has 0 unspecified atom stereocenters. The molecular formula is C17H15N3O2. The monoisotopic (exact) mass is 293 g/mol. The van der Waals surface area contributed by atoms with Crippen LogP contribution < -0.4 is 5.32 Å². The van der Waals surface area contributed by atoms with Crippen molar-refractivity contribution >= 4 is 17.8 Å². The van der Waals surface area contributed by atoms with Crippen molar-refractivity contribution in [2.75, 3.05) is 12.4 Å². The molecular weight excluding hydrogens is 278 g/mol. The molecule has 0 saturated heterocycles. The van der Waals surface area contributed by atoms with Gasteiger partial charge in [0.25, 0.3) is 5.91 Å². The summed E-state index contributed by atoms with van der Waals surface area (Å²) in [6, 6.07) is 16.3. The second-order valence-corrected chi connectivity index (χ2v) is 4.53. The zero-order chi connectivity index (χ0) is 15.8. The predicted octanol–water partition coefficient (Wildman–Crippen LogP) is 2.99. The number of anilines is 1. The van der Waals surface area contributed by atoms with Gasteiger partial charge in [-0.25, -0.2) is 0 Å². The molecule has 0 aliphatic carbocycles. The Bertz CT molecular complexity index is 698. The zero-order valence-electron chi connectivity index (χ0n) is 12.1. The third-order valence-electron chi connectivity index (χ3n) is 2.98. The van der Waals surface area contributed by atoms with Gasteiger partial charge in [-0.1, -0.05) is 29.4 Å². The molecule has 2 aromatic rings. The lowest BCUT2D eigenvalue weighted by Crippen LogP contribution is -2.11. The molecule has 0 atom stereocenters. The second kappa shape index (κ2) is 7.60. The van der Waals surface area contributed by atoms with Gasteiger partial charge in [0.2, 0.25) is 0 Å². The van der Waals surface area contributed by atoms with E-state index in [1.54, 1.807) is 42.6 Å². The van der Waals surface area contributed by atoms with Crippen molar-refractivity contribution < 1.29 is 9.63 Å². The average molecular weight is 293 g/mol. The molecule has 1 amide bonds. The van der Waals surface area contributed by atoms with E-state index in [9.17, 15) is 4.79 Å². The second-order valence-electron chi connectivity index (χ2n) is 4.53. The number of amides is 1. The molecule has 5 heteroatoms. The van der Waals surface area contributed by atoms with E-state index in [-0.39, 0.29) is 5.91 Å². The smallest absolute Gasteiger partial charge is 0.255 e. The maximum Gasteiger partial charge on any atom is 0.255 e. The van der Waals surface area contributed by atoms with Gasteiger partial charge in [-0.15, -0.1) is 0 Å². The number of carbonyl (C=O) groups excluding carboxylic acids is 1. The molecule has 2 aromatic carbocycles. The van der Waals surface area contributed by atoms with Gasteiger partial charge in [0.15, 0.2) is 0 Å². The zero-order valence-corrected chi connectivity index (χ0v) is 12.1. The summed E-state index contributed by atoms with van der Waals surface area (Å²) in [5.74, 6) is -0.191. The van der Waals surface area contributed by atoms with E-state index >= 15 is 0 Å². The van der Waals surface area contributed by atoms with E-state index in [2.05, 4.69) is 21.4 Å². The quantitative estimate of drug-likeness (QED) is 0.680. The highest BCUT2D eigenvalue weighted by molar-refractivity contribution is 6.04. The number of hydrogen-bond acceptors (Lipinski definition) is 4. The first-order valence-corrected chi connectivity index (χ1v) is 6.67. The number of benzene rings is 2. The fourth-order valence-corrected chi connectivity index (χ4v) is 1.83. The van der Waals surface area contributed by atoms with Crippen LogP contribution in [0.5, 0.6) is 0 Å². The first kappa shape index (κ1) is 15.3. The number of hydrogen-bond donors (Lipinski definition) is 1. The van der Waals surface area contributed by atoms with E-state index in [0.29, 0.717) is 17.7 Å². The number of rotatable bonds is 5. The van der Waals surface area contributed by atoms with E-state index in [1.165, 1.54) is 7.11 Å². The van der Waals surface area contributed by atoms with Crippen LogP contribution in [0.15, 0.2) is 53.7 Å². The first-order valence-electron chi connectivity index (χ1n) is 6.67. The van der Waals surface area contributed by atoms with Crippen LogP contribution in [-0.4, -0.2) is 19.2 Å². The van der Waals surface area contributed by atoms with Gasteiger partial charge in [0.05, 0.1) is 18.7 Å². The molecule has 0 fully saturated rings. The van der Waals surface area contributed by atoms with Gasteiger partial charge in [0, 0.05) is 11.3 Å². The summed E-state index contributed by atoms with van der Waals surface area (Å²) in [5, 5.41) is 15.1. The Balaban J connectivity index is 2.02. The summed E-state index contributed by atoms with van der Waals surface area (Å²) in [4.78, 5) is 16.7. The molecule has 110 valence electrons. The molecule has 0 aliphatic rings. The molecule has 0 aromatic heterocycles. The molecule has 0 aliphatic heterocycles. The lowest BCUT2D eigenvalue weighted by molar-refractivity contribution is 0.102. The maximum atomic E-state index is 12.1. The van der Waals surface area contributed by atoms with E-state index in [1.807, 2.05) is 12.1 Å². The summed E-state index contributed by atoms with van der Waals surface area (Å²) in [7, 11) is 1.47. The van der Waals surface area contributed by atoms with E-state index in [4.69, 9.17) is 5.26 Å². The molecule has 0 saturated carbocycles. The molecule has 0 heterocycles. The summed E-state index contributed by atoms with van der Waals surface area (Å²) in [6.45, 7) is 0. The Kier molecular flexibility index (Phi) is 5.27. The van der Waals surface area contributed by atoms with Crippen LogP contribution in [0.25, 0.3) is 0 Å². The van der Waals surface area contributed by atoms with Crippen LogP contribution in [0.4, 0.5) is 5.69 Å². The minimum Gasteiger partial charge on any atom is -0.399 e. The van der Waals surface area contributed by atoms with Gasteiger partial charge in [-0.2, -0.15) is 5.26 Å². The highest BCUT2D eigenvalue weighted by Gasteiger charge is 2.05. The number of oxime groups is 1. The van der Waals surface area contributed by atoms with Crippen molar-refractivity contribution in [3.05, 3.63) is 65.2 Å². The Hall–Kier alpha value is -3.13. The van der Waals surface area contributed by atoms with E-state index < -0.39 is 0 Å². The van der Waals surface area contributed by atoms with Crippen LogP contribution in [0.3, 0.4) is 0 Å². The lowest BCUT2D eigenvalue weighted by Gasteiger charge is -2.06. The van der Waals surface area contributed by atoms with Gasteiger partial charge < -0.3 is 10.2 Å². The minimum absolute atomic E-state index is 0.191. The van der Waals surface area contributed by atoms with Crippen LogP contribution >= 0.6 is 0 Å². The first-order chi connectivity index (χ1) is 10.7. The highest BCUT2D eigenvalue weighted by atomic mass is 16.6. The van der Waals surface area contributed by atoms with Crippen molar-refractivity contribution in [2.45, 2.75) is 6.42 Å². The molecule has 5 nitrogen and oxygen atoms in total. The normalized spacial score (nSPS) is 10.2. The Labute approximate surface area is 128 Å². The molecule has 1 N–H and O–H groups in total. The molecule has 22 heavy (non-hydrogen) atoms. The lowest BCUT2D eigenvalue weighted by atomic mass is 10.1. The van der Waals surface area contributed by atoms with Gasteiger partial charge in [-0.05, 0) is 35.4 Å². The highest BCUT2D eigenvalue weighted by Crippen LogP contribution is 2.12. The van der Waals surface area contributed by atoms with Gasteiger partial charge >= 0.3 is 0 Å². The standard InChI is InChI=1S/C17H15N3O2/c1-22-19-12-14-2-6-15(7-3-14)17(21)20-16-8-4-13(5-9-16)10-11-18/h2-9,12H,10H2,1H3,(H,20,21)/b19-12+. The molecule has 0 bridgehead atoms.